The zero-order valence-electron chi connectivity index (χ0n) is 12.8. The Bertz CT molecular complexity index is 538. The van der Waals surface area contributed by atoms with Crippen LogP contribution in [0.25, 0.3) is 0 Å². The van der Waals surface area contributed by atoms with Crippen LogP contribution >= 0.6 is 0 Å². The van der Waals surface area contributed by atoms with Gasteiger partial charge in [-0.15, -0.1) is 0 Å². The van der Waals surface area contributed by atoms with Crippen LogP contribution in [0.4, 0.5) is 0 Å². The number of nitrogens with zero attached hydrogens (tertiary/aromatic N) is 1. The maximum absolute atomic E-state index is 3.47. The van der Waals surface area contributed by atoms with Crippen molar-refractivity contribution in [1.82, 2.24) is 10.2 Å². The van der Waals surface area contributed by atoms with E-state index in [2.05, 4.69) is 71.9 Å². The summed E-state index contributed by atoms with van der Waals surface area (Å²) in [6.45, 7) is 3.39. The Morgan fingerprint density at radius 2 is 1.48 bits per heavy atom. The first-order valence-electron chi connectivity index (χ1n) is 7.88. The lowest BCUT2D eigenvalue weighted by Crippen LogP contribution is -2.35. The first-order chi connectivity index (χ1) is 10.4. The van der Waals surface area contributed by atoms with Gasteiger partial charge in [0.2, 0.25) is 0 Å². The van der Waals surface area contributed by atoms with Gasteiger partial charge in [-0.05, 0) is 36.6 Å². The van der Waals surface area contributed by atoms with Gasteiger partial charge in [-0.3, -0.25) is 0 Å². The fraction of sp³-hybridized carbons (Fsp3) is 0.368. The normalized spacial score (nSPS) is 17.0. The molecule has 1 aliphatic rings. The van der Waals surface area contributed by atoms with Gasteiger partial charge in [0.05, 0.1) is 0 Å². The summed E-state index contributed by atoms with van der Waals surface area (Å²) < 4.78 is 0. The Hall–Kier alpha value is -1.64. The molecule has 0 aromatic heterocycles. The average molecular weight is 280 g/mol. The van der Waals surface area contributed by atoms with Gasteiger partial charge in [-0.1, -0.05) is 54.6 Å². The molecule has 3 rings (SSSR count). The third-order valence-electron chi connectivity index (χ3n) is 4.50. The summed E-state index contributed by atoms with van der Waals surface area (Å²) in [6.07, 6.45) is 2.34. The molecule has 0 saturated carbocycles. The van der Waals surface area contributed by atoms with E-state index in [1.807, 2.05) is 0 Å². The van der Waals surface area contributed by atoms with Gasteiger partial charge < -0.3 is 10.2 Å². The van der Waals surface area contributed by atoms with Crippen molar-refractivity contribution in [3.63, 3.8) is 0 Å². The van der Waals surface area contributed by atoms with Gasteiger partial charge in [-0.2, -0.15) is 0 Å². The molecule has 0 bridgehead atoms. The van der Waals surface area contributed by atoms with Crippen molar-refractivity contribution < 1.29 is 0 Å². The van der Waals surface area contributed by atoms with Crippen LogP contribution in [0.3, 0.4) is 0 Å². The monoisotopic (exact) mass is 280 g/mol. The van der Waals surface area contributed by atoms with Crippen molar-refractivity contribution in [2.75, 3.05) is 26.7 Å². The number of benzene rings is 2. The highest BCUT2D eigenvalue weighted by molar-refractivity contribution is 5.28. The molecule has 1 unspecified atom stereocenters. The second kappa shape index (κ2) is 6.88. The molecule has 1 N–H and O–H groups in total. The number of nitrogens with one attached hydrogen (secondary N) is 1. The van der Waals surface area contributed by atoms with E-state index in [1.54, 1.807) is 0 Å². The van der Waals surface area contributed by atoms with Crippen LogP contribution in [-0.4, -0.2) is 31.6 Å². The number of likely N-dealkylation sites (N-methyl/N-ethyl adjacent to an activating group) is 1. The minimum atomic E-state index is 0.410. The zero-order valence-corrected chi connectivity index (χ0v) is 12.8. The van der Waals surface area contributed by atoms with Crippen molar-refractivity contribution in [2.45, 2.75) is 18.9 Å². The molecule has 21 heavy (non-hydrogen) atoms. The van der Waals surface area contributed by atoms with E-state index >= 15 is 0 Å². The first kappa shape index (κ1) is 14.3. The standard InChI is InChI=1S/C19H24N2/c1-20-19(18-9-3-2-4-10-18)15-21-13-11-16-7-5-6-8-17(16)12-14-21/h2-10,19-20H,11-15H2,1H3. The zero-order chi connectivity index (χ0) is 14.5. The summed E-state index contributed by atoms with van der Waals surface area (Å²) >= 11 is 0. The maximum Gasteiger partial charge on any atom is 0.0446 e. The Kier molecular flexibility index (Phi) is 4.69. The molecular formula is C19H24N2. The second-order valence-corrected chi connectivity index (χ2v) is 5.82. The number of hydrogen-bond donors (Lipinski definition) is 1. The molecule has 2 heteroatoms. The Balaban J connectivity index is 1.66. The van der Waals surface area contributed by atoms with Gasteiger partial charge in [0.25, 0.3) is 0 Å². The summed E-state index contributed by atoms with van der Waals surface area (Å²) in [4.78, 5) is 2.59. The third kappa shape index (κ3) is 3.52. The number of rotatable bonds is 4. The van der Waals surface area contributed by atoms with Gasteiger partial charge in [0.1, 0.15) is 0 Å². The van der Waals surface area contributed by atoms with Crippen LogP contribution < -0.4 is 5.32 Å². The highest BCUT2D eigenvalue weighted by Crippen LogP contribution is 2.19. The van der Waals surface area contributed by atoms with Crippen LogP contribution in [0, 0.1) is 0 Å². The molecule has 0 aliphatic carbocycles. The molecule has 2 aromatic carbocycles. The second-order valence-electron chi connectivity index (χ2n) is 5.82. The van der Waals surface area contributed by atoms with Crippen LogP contribution in [-0.2, 0) is 12.8 Å². The van der Waals surface area contributed by atoms with Crippen LogP contribution in [0.1, 0.15) is 22.7 Å². The molecule has 1 atom stereocenters. The predicted octanol–water partition coefficient (Wildman–Crippen LogP) is 3.05. The molecule has 0 radical (unpaired) electrons. The smallest absolute Gasteiger partial charge is 0.0446 e. The van der Waals surface area contributed by atoms with Crippen LogP contribution in [0.5, 0.6) is 0 Å². The third-order valence-corrected chi connectivity index (χ3v) is 4.50. The fourth-order valence-corrected chi connectivity index (χ4v) is 3.20. The maximum atomic E-state index is 3.47. The van der Waals surface area contributed by atoms with Crippen molar-refractivity contribution >= 4 is 0 Å². The number of fused-ring (bicyclic) bond motifs is 1. The molecule has 0 spiro atoms. The van der Waals surface area contributed by atoms with E-state index in [1.165, 1.54) is 29.5 Å². The highest BCUT2D eigenvalue weighted by atomic mass is 15.1. The van der Waals surface area contributed by atoms with E-state index in [-0.39, 0.29) is 0 Å². The molecular weight excluding hydrogens is 256 g/mol. The summed E-state index contributed by atoms with van der Waals surface area (Å²) in [5.41, 5.74) is 4.43. The molecule has 2 aromatic rings. The van der Waals surface area contributed by atoms with E-state index in [0.717, 1.165) is 19.6 Å². The lowest BCUT2D eigenvalue weighted by Gasteiger charge is -2.26. The lowest BCUT2D eigenvalue weighted by molar-refractivity contribution is 0.257. The summed E-state index contributed by atoms with van der Waals surface area (Å²) in [5, 5.41) is 3.47. The Morgan fingerprint density at radius 3 is 2.05 bits per heavy atom. The topological polar surface area (TPSA) is 15.3 Å². The molecule has 1 heterocycles. The van der Waals surface area contributed by atoms with Crippen molar-refractivity contribution in [3.8, 4) is 0 Å². The quantitative estimate of drug-likeness (QED) is 0.926. The summed E-state index contributed by atoms with van der Waals surface area (Å²) in [7, 11) is 2.06. The Morgan fingerprint density at radius 1 is 0.905 bits per heavy atom. The highest BCUT2D eigenvalue weighted by Gasteiger charge is 2.17. The Labute approximate surface area is 127 Å². The number of hydrogen-bond acceptors (Lipinski definition) is 2. The van der Waals surface area contributed by atoms with Crippen LogP contribution in [0.15, 0.2) is 54.6 Å². The molecule has 110 valence electrons. The van der Waals surface area contributed by atoms with E-state index in [0.29, 0.717) is 6.04 Å². The molecule has 0 amide bonds. The average Bonchev–Trinajstić information content (AvgIpc) is 2.76. The van der Waals surface area contributed by atoms with Gasteiger partial charge in [0.15, 0.2) is 0 Å². The SMILES string of the molecule is CNC(CN1CCc2ccccc2CC1)c1ccccc1. The largest absolute Gasteiger partial charge is 0.312 e. The van der Waals surface area contributed by atoms with E-state index < -0.39 is 0 Å². The molecule has 1 aliphatic heterocycles. The summed E-state index contributed by atoms with van der Waals surface area (Å²) in [6, 6.07) is 20.1. The fourth-order valence-electron chi connectivity index (χ4n) is 3.20. The van der Waals surface area contributed by atoms with E-state index in [9.17, 15) is 0 Å². The van der Waals surface area contributed by atoms with E-state index in [4.69, 9.17) is 0 Å². The van der Waals surface area contributed by atoms with Crippen molar-refractivity contribution in [2.24, 2.45) is 0 Å². The van der Waals surface area contributed by atoms with Crippen molar-refractivity contribution in [1.29, 1.82) is 0 Å². The molecule has 0 fully saturated rings. The molecule has 0 saturated heterocycles. The van der Waals surface area contributed by atoms with Gasteiger partial charge in [0, 0.05) is 25.7 Å². The minimum absolute atomic E-state index is 0.410. The first-order valence-corrected chi connectivity index (χ1v) is 7.88. The van der Waals surface area contributed by atoms with Gasteiger partial charge in [-0.25, -0.2) is 0 Å². The molecule has 2 nitrogen and oxygen atoms in total. The van der Waals surface area contributed by atoms with Gasteiger partial charge >= 0.3 is 0 Å². The lowest BCUT2D eigenvalue weighted by atomic mass is 10.0. The minimum Gasteiger partial charge on any atom is -0.312 e. The van der Waals surface area contributed by atoms with Crippen molar-refractivity contribution in [3.05, 3.63) is 71.3 Å². The van der Waals surface area contributed by atoms with Crippen LogP contribution in [0.2, 0.25) is 0 Å². The summed E-state index contributed by atoms with van der Waals surface area (Å²) in [5.74, 6) is 0. The predicted molar refractivity (Wildman–Crippen MR) is 88.5 cm³/mol.